The Morgan fingerprint density at radius 1 is 1.12 bits per heavy atom. The lowest BCUT2D eigenvalue weighted by Gasteiger charge is -2.09. The normalized spacial score (nSPS) is 11.3. The molecular formula is C12H12F2N2. The third-order valence-electron chi connectivity index (χ3n) is 2.49. The summed E-state index contributed by atoms with van der Waals surface area (Å²) in [6.07, 6.45) is 0. The Kier molecular flexibility index (Phi) is 2.50. The SMILES string of the molecule is CC(C)c1cc(N)c2cc(F)c(F)cc2n1. The first kappa shape index (κ1) is 10.8. The third-order valence-corrected chi connectivity index (χ3v) is 2.49. The topological polar surface area (TPSA) is 38.9 Å². The number of nitrogens with two attached hydrogens (primary N) is 1. The lowest BCUT2D eigenvalue weighted by Crippen LogP contribution is -1.98. The van der Waals surface area contributed by atoms with Crippen molar-refractivity contribution >= 4 is 16.6 Å². The monoisotopic (exact) mass is 222 g/mol. The lowest BCUT2D eigenvalue weighted by atomic mass is 10.1. The Labute approximate surface area is 92.1 Å². The van der Waals surface area contributed by atoms with Gasteiger partial charge >= 0.3 is 0 Å². The fraction of sp³-hybridized carbons (Fsp3) is 0.250. The van der Waals surface area contributed by atoms with Crippen molar-refractivity contribution < 1.29 is 8.78 Å². The number of fused-ring (bicyclic) bond motifs is 1. The molecule has 16 heavy (non-hydrogen) atoms. The van der Waals surface area contributed by atoms with Gasteiger partial charge in [0.1, 0.15) is 0 Å². The van der Waals surface area contributed by atoms with E-state index >= 15 is 0 Å². The molecular weight excluding hydrogens is 210 g/mol. The minimum Gasteiger partial charge on any atom is -0.398 e. The summed E-state index contributed by atoms with van der Waals surface area (Å²) in [7, 11) is 0. The van der Waals surface area contributed by atoms with E-state index in [4.69, 9.17) is 5.73 Å². The van der Waals surface area contributed by atoms with Gasteiger partial charge in [-0.1, -0.05) is 13.8 Å². The average molecular weight is 222 g/mol. The van der Waals surface area contributed by atoms with Gasteiger partial charge in [0, 0.05) is 22.8 Å². The molecule has 0 aliphatic carbocycles. The van der Waals surface area contributed by atoms with E-state index in [0.29, 0.717) is 16.6 Å². The summed E-state index contributed by atoms with van der Waals surface area (Å²) in [5, 5.41) is 0.448. The molecule has 0 aliphatic heterocycles. The van der Waals surface area contributed by atoms with Gasteiger partial charge < -0.3 is 5.73 Å². The minimum absolute atomic E-state index is 0.194. The predicted molar refractivity (Wildman–Crippen MR) is 60.2 cm³/mol. The van der Waals surface area contributed by atoms with Gasteiger partial charge in [-0.15, -0.1) is 0 Å². The van der Waals surface area contributed by atoms with Crippen molar-refractivity contribution in [1.29, 1.82) is 0 Å². The number of hydrogen-bond acceptors (Lipinski definition) is 2. The van der Waals surface area contributed by atoms with Crippen LogP contribution in [0.4, 0.5) is 14.5 Å². The van der Waals surface area contributed by atoms with Crippen LogP contribution in [-0.2, 0) is 0 Å². The molecule has 0 spiro atoms. The van der Waals surface area contributed by atoms with E-state index in [-0.39, 0.29) is 5.92 Å². The second-order valence-corrected chi connectivity index (χ2v) is 4.07. The summed E-state index contributed by atoms with van der Waals surface area (Å²) < 4.78 is 26.1. The Bertz CT molecular complexity index is 550. The van der Waals surface area contributed by atoms with Gasteiger partial charge in [0.05, 0.1) is 5.52 Å². The van der Waals surface area contributed by atoms with Crippen LogP contribution in [0.15, 0.2) is 18.2 Å². The van der Waals surface area contributed by atoms with Crippen LogP contribution in [0.2, 0.25) is 0 Å². The average Bonchev–Trinajstić information content (AvgIpc) is 2.20. The molecule has 0 aliphatic rings. The van der Waals surface area contributed by atoms with Crippen LogP contribution in [0.1, 0.15) is 25.5 Å². The van der Waals surface area contributed by atoms with E-state index < -0.39 is 11.6 Å². The van der Waals surface area contributed by atoms with Crippen LogP contribution in [0.3, 0.4) is 0 Å². The quantitative estimate of drug-likeness (QED) is 0.804. The van der Waals surface area contributed by atoms with Crippen molar-refractivity contribution in [3.8, 4) is 0 Å². The van der Waals surface area contributed by atoms with Gasteiger partial charge in [0.15, 0.2) is 11.6 Å². The maximum absolute atomic E-state index is 13.1. The highest BCUT2D eigenvalue weighted by molar-refractivity contribution is 5.90. The molecule has 1 aromatic heterocycles. The molecule has 2 nitrogen and oxygen atoms in total. The van der Waals surface area contributed by atoms with Crippen molar-refractivity contribution in [3.05, 3.63) is 35.5 Å². The maximum Gasteiger partial charge on any atom is 0.161 e. The first-order chi connectivity index (χ1) is 7.49. The molecule has 0 radical (unpaired) electrons. The summed E-state index contributed by atoms with van der Waals surface area (Å²) in [5.74, 6) is -1.61. The highest BCUT2D eigenvalue weighted by Gasteiger charge is 2.10. The number of nitrogen functional groups attached to an aromatic ring is 1. The molecule has 0 amide bonds. The fourth-order valence-electron chi connectivity index (χ4n) is 1.56. The molecule has 2 aromatic rings. The van der Waals surface area contributed by atoms with Crippen molar-refractivity contribution in [2.75, 3.05) is 5.73 Å². The van der Waals surface area contributed by atoms with E-state index in [1.54, 1.807) is 6.07 Å². The fourth-order valence-corrected chi connectivity index (χ4v) is 1.56. The molecule has 4 heteroatoms. The summed E-state index contributed by atoms with van der Waals surface area (Å²) >= 11 is 0. The first-order valence-electron chi connectivity index (χ1n) is 5.04. The molecule has 0 bridgehead atoms. The highest BCUT2D eigenvalue weighted by atomic mass is 19.2. The molecule has 1 heterocycles. The zero-order valence-electron chi connectivity index (χ0n) is 9.09. The summed E-state index contributed by atoms with van der Waals surface area (Å²) in [6.45, 7) is 3.93. The Morgan fingerprint density at radius 3 is 2.38 bits per heavy atom. The van der Waals surface area contributed by atoms with Crippen molar-refractivity contribution in [3.63, 3.8) is 0 Å². The molecule has 2 rings (SSSR count). The van der Waals surface area contributed by atoms with Crippen LogP contribution in [0, 0.1) is 11.6 Å². The Hall–Kier alpha value is -1.71. The number of nitrogens with zero attached hydrogens (tertiary/aromatic N) is 1. The van der Waals surface area contributed by atoms with E-state index in [0.717, 1.165) is 17.8 Å². The lowest BCUT2D eigenvalue weighted by molar-refractivity contribution is 0.510. The van der Waals surface area contributed by atoms with Gasteiger partial charge in [-0.05, 0) is 18.1 Å². The first-order valence-corrected chi connectivity index (χ1v) is 5.04. The molecule has 1 aromatic carbocycles. The maximum atomic E-state index is 13.1. The van der Waals surface area contributed by atoms with Gasteiger partial charge in [-0.25, -0.2) is 8.78 Å². The van der Waals surface area contributed by atoms with Gasteiger partial charge in [-0.3, -0.25) is 4.98 Å². The van der Waals surface area contributed by atoms with E-state index in [2.05, 4.69) is 4.98 Å². The van der Waals surface area contributed by atoms with E-state index in [9.17, 15) is 8.78 Å². The number of pyridine rings is 1. The summed E-state index contributed by atoms with van der Waals surface area (Å²) in [4.78, 5) is 4.25. The summed E-state index contributed by atoms with van der Waals surface area (Å²) in [6, 6.07) is 3.86. The summed E-state index contributed by atoms with van der Waals surface area (Å²) in [5.41, 5.74) is 7.37. The smallest absolute Gasteiger partial charge is 0.161 e. The van der Waals surface area contributed by atoms with E-state index in [1.165, 1.54) is 0 Å². The van der Waals surface area contributed by atoms with Crippen LogP contribution < -0.4 is 5.73 Å². The number of anilines is 1. The Morgan fingerprint density at radius 2 is 1.75 bits per heavy atom. The predicted octanol–water partition coefficient (Wildman–Crippen LogP) is 3.22. The number of hydrogen-bond donors (Lipinski definition) is 1. The zero-order valence-corrected chi connectivity index (χ0v) is 9.09. The molecule has 84 valence electrons. The molecule has 0 unspecified atom stereocenters. The molecule has 0 saturated heterocycles. The second-order valence-electron chi connectivity index (χ2n) is 4.07. The zero-order chi connectivity index (χ0) is 11.9. The van der Waals surface area contributed by atoms with Crippen LogP contribution in [0.5, 0.6) is 0 Å². The van der Waals surface area contributed by atoms with E-state index in [1.807, 2.05) is 13.8 Å². The minimum atomic E-state index is -0.904. The number of benzene rings is 1. The van der Waals surface area contributed by atoms with Crippen molar-refractivity contribution in [1.82, 2.24) is 4.98 Å². The largest absolute Gasteiger partial charge is 0.398 e. The second kappa shape index (κ2) is 3.70. The standard InChI is InChI=1S/C12H12F2N2/c1-6(2)11-5-10(15)7-3-8(13)9(14)4-12(7)16-11/h3-6H,1-2H3,(H2,15,16). The van der Waals surface area contributed by atoms with Crippen molar-refractivity contribution in [2.24, 2.45) is 0 Å². The van der Waals surface area contributed by atoms with Gasteiger partial charge in [-0.2, -0.15) is 0 Å². The molecule has 0 fully saturated rings. The number of rotatable bonds is 1. The highest BCUT2D eigenvalue weighted by Crippen LogP contribution is 2.25. The number of aromatic nitrogens is 1. The van der Waals surface area contributed by atoms with Crippen LogP contribution in [0.25, 0.3) is 10.9 Å². The van der Waals surface area contributed by atoms with Crippen LogP contribution in [-0.4, -0.2) is 4.98 Å². The van der Waals surface area contributed by atoms with Crippen molar-refractivity contribution in [2.45, 2.75) is 19.8 Å². The van der Waals surface area contributed by atoms with Gasteiger partial charge in [0.2, 0.25) is 0 Å². The molecule has 2 N–H and O–H groups in total. The molecule has 0 atom stereocenters. The van der Waals surface area contributed by atoms with Crippen LogP contribution >= 0.6 is 0 Å². The Balaban J connectivity index is 2.77. The number of halogens is 2. The van der Waals surface area contributed by atoms with Gasteiger partial charge in [0.25, 0.3) is 0 Å². The molecule has 0 saturated carbocycles. The third kappa shape index (κ3) is 1.71.